The topological polar surface area (TPSA) is 61.5 Å². The minimum Gasteiger partial charge on any atom is -0.378 e. The highest BCUT2D eigenvalue weighted by atomic mass is 35.5. The zero-order chi connectivity index (χ0) is 18.8. The molecule has 2 aliphatic rings. The lowest BCUT2D eigenvalue weighted by molar-refractivity contribution is 0.122. The van der Waals surface area contributed by atoms with Gasteiger partial charge in [-0.05, 0) is 24.1 Å². The molecule has 8 heteroatoms. The van der Waals surface area contributed by atoms with E-state index in [2.05, 4.69) is 14.8 Å². The number of anilines is 1. The molecule has 0 radical (unpaired) electrons. The zero-order valence-corrected chi connectivity index (χ0v) is 15.8. The molecular formula is C19H22ClFN4O2. The molecule has 0 aliphatic carbocycles. The first-order valence-corrected chi connectivity index (χ1v) is 9.59. The molecule has 4 rings (SSSR count). The fraction of sp³-hybridized carbons (Fsp3) is 0.474. The van der Waals surface area contributed by atoms with Crippen molar-refractivity contribution >= 4 is 17.5 Å². The van der Waals surface area contributed by atoms with Crippen LogP contribution in [0.15, 0.2) is 23.0 Å². The van der Waals surface area contributed by atoms with Crippen LogP contribution in [0.25, 0.3) is 0 Å². The van der Waals surface area contributed by atoms with Crippen LogP contribution in [0, 0.1) is 5.82 Å². The van der Waals surface area contributed by atoms with E-state index in [0.29, 0.717) is 38.5 Å². The van der Waals surface area contributed by atoms with Crippen LogP contribution in [0.4, 0.5) is 10.3 Å². The van der Waals surface area contributed by atoms with E-state index in [0.717, 1.165) is 43.0 Å². The maximum absolute atomic E-state index is 13.7. The Morgan fingerprint density at radius 2 is 1.96 bits per heavy atom. The van der Waals surface area contributed by atoms with E-state index in [1.807, 2.05) is 6.07 Å². The van der Waals surface area contributed by atoms with Crippen LogP contribution in [0.1, 0.15) is 16.8 Å². The van der Waals surface area contributed by atoms with Gasteiger partial charge in [0.25, 0.3) is 5.56 Å². The van der Waals surface area contributed by atoms with Gasteiger partial charge in [0.05, 0.1) is 23.9 Å². The van der Waals surface area contributed by atoms with Gasteiger partial charge in [-0.2, -0.15) is 0 Å². The minimum atomic E-state index is -0.402. The number of nitrogens with zero attached hydrogens (tertiary/aromatic N) is 3. The molecule has 1 aromatic carbocycles. The number of fused-ring (bicyclic) bond motifs is 1. The number of nitrogens with one attached hydrogen (secondary N) is 1. The van der Waals surface area contributed by atoms with Crippen molar-refractivity contribution in [3.05, 3.63) is 56.2 Å². The number of halogens is 2. The molecule has 144 valence electrons. The van der Waals surface area contributed by atoms with Crippen LogP contribution in [-0.2, 0) is 24.1 Å². The van der Waals surface area contributed by atoms with Gasteiger partial charge in [-0.25, -0.2) is 9.37 Å². The Morgan fingerprint density at radius 1 is 1.19 bits per heavy atom. The summed E-state index contributed by atoms with van der Waals surface area (Å²) in [6.45, 7) is 4.88. The first kappa shape index (κ1) is 18.4. The molecule has 0 bridgehead atoms. The highest BCUT2D eigenvalue weighted by Crippen LogP contribution is 2.19. The van der Waals surface area contributed by atoms with Gasteiger partial charge in [0.15, 0.2) is 0 Å². The van der Waals surface area contributed by atoms with Gasteiger partial charge >= 0.3 is 0 Å². The second-order valence-electron chi connectivity index (χ2n) is 6.94. The first-order chi connectivity index (χ1) is 13.1. The number of rotatable bonds is 3. The fourth-order valence-corrected chi connectivity index (χ4v) is 3.74. The monoisotopic (exact) mass is 392 g/mol. The Bertz CT molecular complexity index is 882. The molecular weight excluding hydrogens is 371 g/mol. The lowest BCUT2D eigenvalue weighted by Gasteiger charge is -2.27. The number of hydrogen-bond donors (Lipinski definition) is 1. The predicted octanol–water partition coefficient (Wildman–Crippen LogP) is 2.00. The third-order valence-electron chi connectivity index (χ3n) is 5.13. The molecule has 0 saturated carbocycles. The first-order valence-electron chi connectivity index (χ1n) is 9.21. The van der Waals surface area contributed by atoms with Gasteiger partial charge in [0.1, 0.15) is 5.82 Å². The van der Waals surface area contributed by atoms with Crippen molar-refractivity contribution in [1.82, 2.24) is 14.9 Å². The van der Waals surface area contributed by atoms with Gasteiger partial charge < -0.3 is 9.64 Å². The molecule has 2 aromatic rings. The number of morpholine rings is 1. The third kappa shape index (κ3) is 4.15. The lowest BCUT2D eigenvalue weighted by atomic mass is 10.1. The van der Waals surface area contributed by atoms with Crippen molar-refractivity contribution in [2.24, 2.45) is 0 Å². The largest absolute Gasteiger partial charge is 0.378 e. The normalized spacial score (nSPS) is 18.2. The van der Waals surface area contributed by atoms with Gasteiger partial charge in [0.2, 0.25) is 5.95 Å². The van der Waals surface area contributed by atoms with Crippen molar-refractivity contribution in [1.29, 1.82) is 0 Å². The van der Waals surface area contributed by atoms with Crippen LogP contribution in [0.5, 0.6) is 0 Å². The summed E-state index contributed by atoms with van der Waals surface area (Å²) < 4.78 is 19.1. The Morgan fingerprint density at radius 3 is 2.74 bits per heavy atom. The average molecular weight is 393 g/mol. The standard InChI is InChI=1S/C19H22ClFN4O2/c20-15-2-1-13(11-16(15)21)12-24-5-3-14-17(4-6-24)22-19(23-18(14)26)25-7-9-27-10-8-25/h1-2,11H,3-10,12H2,(H,22,23,26). The van der Waals surface area contributed by atoms with Gasteiger partial charge in [-0.1, -0.05) is 17.7 Å². The van der Waals surface area contributed by atoms with Crippen molar-refractivity contribution in [3.63, 3.8) is 0 Å². The Hall–Kier alpha value is -1.96. The molecule has 0 atom stereocenters. The molecule has 0 amide bonds. The fourth-order valence-electron chi connectivity index (χ4n) is 3.62. The van der Waals surface area contributed by atoms with Crippen molar-refractivity contribution in [2.75, 3.05) is 44.3 Å². The number of H-pyrrole nitrogens is 1. The molecule has 0 unspecified atom stereocenters. The van der Waals surface area contributed by atoms with Crippen LogP contribution in [0.3, 0.4) is 0 Å². The number of benzene rings is 1. The molecule has 1 N–H and O–H groups in total. The van der Waals surface area contributed by atoms with Crippen LogP contribution >= 0.6 is 11.6 Å². The third-order valence-corrected chi connectivity index (χ3v) is 5.44. The second kappa shape index (κ2) is 7.96. The Balaban J connectivity index is 1.49. The molecule has 1 aromatic heterocycles. The molecule has 1 fully saturated rings. The maximum Gasteiger partial charge on any atom is 0.255 e. The number of hydrogen-bond acceptors (Lipinski definition) is 5. The van der Waals surface area contributed by atoms with Gasteiger partial charge in [-0.15, -0.1) is 0 Å². The highest BCUT2D eigenvalue weighted by Gasteiger charge is 2.21. The lowest BCUT2D eigenvalue weighted by Crippen LogP contribution is -2.38. The quantitative estimate of drug-likeness (QED) is 0.865. The molecule has 1 saturated heterocycles. The van der Waals surface area contributed by atoms with E-state index in [4.69, 9.17) is 21.3 Å². The molecule has 0 spiro atoms. The molecule has 6 nitrogen and oxygen atoms in total. The summed E-state index contributed by atoms with van der Waals surface area (Å²) in [5, 5.41) is 0.133. The van der Waals surface area contributed by atoms with E-state index in [1.165, 1.54) is 6.07 Å². The summed E-state index contributed by atoms with van der Waals surface area (Å²) in [4.78, 5) is 24.5. The SMILES string of the molecule is O=c1[nH]c(N2CCOCC2)nc2c1CCN(Cc1ccc(Cl)c(F)c1)CC2. The maximum atomic E-state index is 13.7. The summed E-state index contributed by atoms with van der Waals surface area (Å²) in [5.41, 5.74) is 2.45. The van der Waals surface area contributed by atoms with Gasteiger partial charge in [-0.3, -0.25) is 14.7 Å². The zero-order valence-electron chi connectivity index (χ0n) is 15.0. The average Bonchev–Trinajstić information content (AvgIpc) is 2.88. The minimum absolute atomic E-state index is 0.0547. The van der Waals surface area contributed by atoms with E-state index < -0.39 is 5.82 Å². The molecule has 2 aliphatic heterocycles. The van der Waals surface area contributed by atoms with E-state index in [9.17, 15) is 9.18 Å². The number of aromatic amines is 1. The number of ether oxygens (including phenoxy) is 1. The van der Waals surface area contributed by atoms with Crippen LogP contribution in [-0.4, -0.2) is 54.3 Å². The summed E-state index contributed by atoms with van der Waals surface area (Å²) in [5.74, 6) is 0.232. The summed E-state index contributed by atoms with van der Waals surface area (Å²) >= 11 is 5.76. The van der Waals surface area contributed by atoms with Crippen molar-refractivity contribution < 1.29 is 9.13 Å². The van der Waals surface area contributed by atoms with E-state index in [1.54, 1.807) is 6.07 Å². The Labute approximate surface area is 161 Å². The van der Waals surface area contributed by atoms with Crippen LogP contribution < -0.4 is 10.5 Å². The van der Waals surface area contributed by atoms with Crippen LogP contribution in [0.2, 0.25) is 5.02 Å². The summed E-state index contributed by atoms with van der Waals surface area (Å²) in [6.07, 6.45) is 1.34. The van der Waals surface area contributed by atoms with E-state index >= 15 is 0 Å². The summed E-state index contributed by atoms with van der Waals surface area (Å²) in [6, 6.07) is 4.90. The summed E-state index contributed by atoms with van der Waals surface area (Å²) in [7, 11) is 0. The Kier molecular flexibility index (Phi) is 5.43. The number of aromatic nitrogens is 2. The molecule has 3 heterocycles. The highest BCUT2D eigenvalue weighted by molar-refractivity contribution is 6.30. The van der Waals surface area contributed by atoms with Crippen molar-refractivity contribution in [3.8, 4) is 0 Å². The smallest absolute Gasteiger partial charge is 0.255 e. The predicted molar refractivity (Wildman–Crippen MR) is 102 cm³/mol. The van der Waals surface area contributed by atoms with Crippen molar-refractivity contribution in [2.45, 2.75) is 19.4 Å². The molecule has 27 heavy (non-hydrogen) atoms. The second-order valence-corrected chi connectivity index (χ2v) is 7.35. The van der Waals surface area contributed by atoms with Gasteiger partial charge in [0, 0.05) is 44.7 Å². The van der Waals surface area contributed by atoms with E-state index in [-0.39, 0.29) is 10.6 Å².